The fourth-order valence-electron chi connectivity index (χ4n) is 3.39. The number of nitrogens with zero attached hydrogens (tertiary/aromatic N) is 4. The average Bonchev–Trinajstić information content (AvgIpc) is 3.40. The van der Waals surface area contributed by atoms with Crippen LogP contribution in [0, 0.1) is 5.82 Å². The van der Waals surface area contributed by atoms with Crippen LogP contribution in [0.25, 0.3) is 11.8 Å². The van der Waals surface area contributed by atoms with E-state index in [9.17, 15) is 14.0 Å². The van der Waals surface area contributed by atoms with Gasteiger partial charge in [0.2, 0.25) is 11.8 Å². The first-order valence-electron chi connectivity index (χ1n) is 10.7. The van der Waals surface area contributed by atoms with Crippen LogP contribution in [0.4, 0.5) is 10.1 Å². The molecule has 2 amide bonds. The molecule has 0 fully saturated rings. The lowest BCUT2D eigenvalue weighted by atomic mass is 10.0. The van der Waals surface area contributed by atoms with Gasteiger partial charge in [0, 0.05) is 28.8 Å². The van der Waals surface area contributed by atoms with Crippen LogP contribution < -0.4 is 10.6 Å². The van der Waals surface area contributed by atoms with E-state index < -0.39 is 23.7 Å². The predicted molar refractivity (Wildman–Crippen MR) is 135 cm³/mol. The molecule has 0 aliphatic heterocycles. The summed E-state index contributed by atoms with van der Waals surface area (Å²) in [5.41, 5.74) is 2.35. The number of halogens is 3. The lowest BCUT2D eigenvalue weighted by Gasteiger charge is -2.18. The van der Waals surface area contributed by atoms with Crippen molar-refractivity contribution < 1.29 is 14.0 Å². The van der Waals surface area contributed by atoms with E-state index in [-0.39, 0.29) is 11.4 Å². The summed E-state index contributed by atoms with van der Waals surface area (Å²) in [6, 6.07) is 17.2. The molecule has 8 nitrogen and oxygen atoms in total. The number of anilines is 1. The summed E-state index contributed by atoms with van der Waals surface area (Å²) in [7, 11) is 0. The highest BCUT2D eigenvalue weighted by Gasteiger charge is 2.21. The van der Waals surface area contributed by atoms with Gasteiger partial charge in [-0.05, 0) is 58.5 Å². The highest BCUT2D eigenvalue weighted by Crippen LogP contribution is 2.21. The van der Waals surface area contributed by atoms with E-state index >= 15 is 0 Å². The van der Waals surface area contributed by atoms with Crippen LogP contribution in [0.3, 0.4) is 0 Å². The summed E-state index contributed by atoms with van der Waals surface area (Å²) in [5, 5.41) is 16.8. The Morgan fingerprint density at radius 1 is 1.06 bits per heavy atom. The second-order valence-electron chi connectivity index (χ2n) is 7.66. The van der Waals surface area contributed by atoms with Gasteiger partial charge < -0.3 is 10.6 Å². The standard InChI is InChI=1S/C25H19Cl2FN6O2/c26-18-7-10-23(34-15-29-32-33-34)17(13-18)6-11-24(35)31-22(12-16-4-2-1-3-5-16)25(36)30-19-8-9-21(28)20(27)14-19/h1-11,13-15,22H,12H2,(H,30,36)(H,31,35). The molecular formula is C25H19Cl2FN6O2. The summed E-state index contributed by atoms with van der Waals surface area (Å²) in [5.74, 6) is -1.60. The maximum atomic E-state index is 13.5. The molecule has 36 heavy (non-hydrogen) atoms. The summed E-state index contributed by atoms with van der Waals surface area (Å²) in [4.78, 5) is 25.9. The van der Waals surface area contributed by atoms with E-state index in [4.69, 9.17) is 23.2 Å². The fraction of sp³-hybridized carbons (Fsp3) is 0.0800. The van der Waals surface area contributed by atoms with Crippen LogP contribution in [0.15, 0.2) is 79.1 Å². The van der Waals surface area contributed by atoms with Gasteiger partial charge in [0.05, 0.1) is 10.7 Å². The first kappa shape index (κ1) is 25.0. The lowest BCUT2D eigenvalue weighted by Crippen LogP contribution is -2.44. The van der Waals surface area contributed by atoms with Gasteiger partial charge in [-0.3, -0.25) is 9.59 Å². The van der Waals surface area contributed by atoms with Gasteiger partial charge in [-0.15, -0.1) is 5.10 Å². The zero-order chi connectivity index (χ0) is 25.5. The summed E-state index contributed by atoms with van der Waals surface area (Å²) >= 11 is 11.9. The van der Waals surface area contributed by atoms with Crippen molar-refractivity contribution in [1.82, 2.24) is 25.5 Å². The minimum Gasteiger partial charge on any atom is -0.340 e. The number of tetrazole rings is 1. The predicted octanol–water partition coefficient (Wildman–Crippen LogP) is 4.49. The Morgan fingerprint density at radius 3 is 2.58 bits per heavy atom. The average molecular weight is 525 g/mol. The summed E-state index contributed by atoms with van der Waals surface area (Å²) in [6.07, 6.45) is 4.49. The summed E-state index contributed by atoms with van der Waals surface area (Å²) < 4.78 is 14.9. The zero-order valence-corrected chi connectivity index (χ0v) is 20.1. The number of hydrogen-bond acceptors (Lipinski definition) is 5. The molecule has 0 spiro atoms. The molecule has 0 saturated heterocycles. The van der Waals surface area contributed by atoms with Gasteiger partial charge in [0.1, 0.15) is 18.2 Å². The number of rotatable bonds is 8. The molecule has 1 aromatic heterocycles. The molecule has 182 valence electrons. The first-order valence-corrected chi connectivity index (χ1v) is 11.5. The second kappa shape index (κ2) is 11.6. The SMILES string of the molecule is O=C(C=Cc1cc(Cl)ccc1-n1cnnn1)NC(Cc1ccccc1)C(=O)Nc1ccc(F)c(Cl)c1. The normalized spacial score (nSPS) is 11.9. The Hall–Kier alpha value is -4.08. The minimum absolute atomic E-state index is 0.126. The molecule has 11 heteroatoms. The number of benzene rings is 3. The molecule has 0 bridgehead atoms. The van der Waals surface area contributed by atoms with Gasteiger partial charge in [-0.25, -0.2) is 4.39 Å². The van der Waals surface area contributed by atoms with Crippen LogP contribution in [-0.2, 0) is 16.0 Å². The molecule has 4 rings (SSSR count). The molecule has 2 N–H and O–H groups in total. The highest BCUT2D eigenvalue weighted by molar-refractivity contribution is 6.31. The molecule has 0 radical (unpaired) electrons. The quantitative estimate of drug-likeness (QED) is 0.330. The third-order valence-corrected chi connectivity index (χ3v) is 5.63. The van der Waals surface area contributed by atoms with Crippen molar-refractivity contribution in [2.24, 2.45) is 0 Å². The van der Waals surface area contributed by atoms with Crippen molar-refractivity contribution >= 4 is 46.8 Å². The van der Waals surface area contributed by atoms with Crippen molar-refractivity contribution in [1.29, 1.82) is 0 Å². The van der Waals surface area contributed by atoms with Crippen LogP contribution in [0.5, 0.6) is 0 Å². The molecule has 1 atom stereocenters. The molecule has 1 unspecified atom stereocenters. The van der Waals surface area contributed by atoms with E-state index in [1.54, 1.807) is 24.3 Å². The van der Waals surface area contributed by atoms with Gasteiger partial charge in [-0.1, -0.05) is 53.5 Å². The maximum absolute atomic E-state index is 13.5. The first-order chi connectivity index (χ1) is 17.4. The van der Waals surface area contributed by atoms with E-state index in [1.807, 2.05) is 30.3 Å². The number of hydrogen-bond donors (Lipinski definition) is 2. The molecule has 0 saturated carbocycles. The zero-order valence-electron chi connectivity index (χ0n) is 18.6. The van der Waals surface area contributed by atoms with Crippen molar-refractivity contribution in [3.8, 4) is 5.69 Å². The smallest absolute Gasteiger partial charge is 0.247 e. The van der Waals surface area contributed by atoms with Crippen LogP contribution in [0.1, 0.15) is 11.1 Å². The highest BCUT2D eigenvalue weighted by atomic mass is 35.5. The minimum atomic E-state index is -0.924. The van der Waals surface area contributed by atoms with Crippen molar-refractivity contribution in [2.45, 2.75) is 12.5 Å². The number of carbonyl (C=O) groups is 2. The number of amides is 2. The van der Waals surface area contributed by atoms with Gasteiger partial charge >= 0.3 is 0 Å². The van der Waals surface area contributed by atoms with Gasteiger partial charge in [0.25, 0.3) is 0 Å². The molecular weight excluding hydrogens is 506 g/mol. The van der Waals surface area contributed by atoms with Crippen LogP contribution in [0.2, 0.25) is 10.0 Å². The van der Waals surface area contributed by atoms with E-state index in [0.29, 0.717) is 22.0 Å². The molecule has 1 heterocycles. The van der Waals surface area contributed by atoms with Crippen LogP contribution >= 0.6 is 23.2 Å². The second-order valence-corrected chi connectivity index (χ2v) is 8.50. The van der Waals surface area contributed by atoms with E-state index in [2.05, 4.69) is 26.2 Å². The largest absolute Gasteiger partial charge is 0.340 e. The van der Waals surface area contributed by atoms with E-state index in [0.717, 1.165) is 11.6 Å². The maximum Gasteiger partial charge on any atom is 0.247 e. The molecule has 0 aliphatic carbocycles. The van der Waals surface area contributed by atoms with Crippen molar-refractivity contribution in [3.05, 3.63) is 106 Å². The Morgan fingerprint density at radius 2 is 1.86 bits per heavy atom. The third kappa shape index (κ3) is 6.53. The molecule has 3 aromatic carbocycles. The monoisotopic (exact) mass is 524 g/mol. The Balaban J connectivity index is 1.53. The van der Waals surface area contributed by atoms with Crippen molar-refractivity contribution in [2.75, 3.05) is 5.32 Å². The number of aromatic nitrogens is 4. The fourth-order valence-corrected chi connectivity index (χ4v) is 3.75. The van der Waals surface area contributed by atoms with Gasteiger partial charge in [-0.2, -0.15) is 4.68 Å². The lowest BCUT2D eigenvalue weighted by molar-refractivity contribution is -0.123. The van der Waals surface area contributed by atoms with E-state index in [1.165, 1.54) is 29.2 Å². The Kier molecular flexibility index (Phi) is 8.04. The Bertz CT molecular complexity index is 1400. The number of carbonyl (C=O) groups excluding carboxylic acids is 2. The molecule has 0 aliphatic rings. The van der Waals surface area contributed by atoms with Gasteiger partial charge in [0.15, 0.2) is 0 Å². The van der Waals surface area contributed by atoms with Crippen molar-refractivity contribution in [3.63, 3.8) is 0 Å². The third-order valence-electron chi connectivity index (χ3n) is 5.10. The topological polar surface area (TPSA) is 102 Å². The molecule has 4 aromatic rings. The number of nitrogens with one attached hydrogen (secondary N) is 2. The Labute approximate surface area is 215 Å². The van der Waals surface area contributed by atoms with Crippen LogP contribution in [-0.4, -0.2) is 38.1 Å². The summed E-state index contributed by atoms with van der Waals surface area (Å²) in [6.45, 7) is 0.